The number of hydrogen-bond acceptors (Lipinski definition) is 20. The molecule has 308 valence electrons. The number of ether oxygens (including phenoxy) is 8. The number of fused-ring (bicyclic) bond motifs is 1. The zero-order valence-corrected chi connectivity index (χ0v) is 30.3. The lowest BCUT2D eigenvalue weighted by Crippen LogP contribution is -2.64. The number of aromatic hydroxyl groups is 2. The molecule has 3 saturated heterocycles. The Balaban J connectivity index is 1.25. The normalized spacial score (nSPS) is 36.2. The topological polar surface area (TPSA) is 303 Å². The summed E-state index contributed by atoms with van der Waals surface area (Å²) in [7, 11) is 1.34. The lowest BCUT2D eigenvalue weighted by atomic mass is 9.97. The van der Waals surface area contributed by atoms with Crippen molar-refractivity contribution in [1.82, 2.24) is 0 Å². The Hall–Kier alpha value is -4.16. The number of aliphatic hydroxyl groups is 7. The third kappa shape index (κ3) is 8.14. The van der Waals surface area contributed by atoms with Gasteiger partial charge in [-0.2, -0.15) is 0 Å². The maximum Gasteiger partial charge on any atom is 0.303 e. The third-order valence-corrected chi connectivity index (χ3v) is 9.75. The van der Waals surface area contributed by atoms with Gasteiger partial charge in [0.2, 0.25) is 17.5 Å². The van der Waals surface area contributed by atoms with E-state index in [9.17, 15) is 55.5 Å². The first-order chi connectivity index (χ1) is 26.5. The Morgan fingerprint density at radius 3 is 2.05 bits per heavy atom. The number of rotatable bonds is 10. The second-order valence-electron chi connectivity index (χ2n) is 13.7. The maximum atomic E-state index is 13.9. The number of carbonyl (C=O) groups excluding carboxylic acids is 1. The van der Waals surface area contributed by atoms with E-state index in [2.05, 4.69) is 0 Å². The highest BCUT2D eigenvalue weighted by Gasteiger charge is 2.52. The SMILES string of the molecule is COc1cc(O)c2c(=O)c(O[C@@H]3O[C@H](CO[C@@H]4O[C@@H](C)[C@H](OC(C)=O)[C@@H](O[C@@H]5O[C@@H](C)[C@H](O)[C@@H](O)[C@H]5O)[C@H]4O)[C@H](O)[C@H](O)[C@H]3O)c(-c3ccc(O)cc3)oc2c1. The van der Waals surface area contributed by atoms with Crippen molar-refractivity contribution < 1.29 is 93.1 Å². The van der Waals surface area contributed by atoms with Crippen molar-refractivity contribution in [3.63, 3.8) is 0 Å². The first kappa shape index (κ1) is 41.5. The summed E-state index contributed by atoms with van der Waals surface area (Å²) in [6.07, 6.45) is -24.1. The van der Waals surface area contributed by atoms with Crippen molar-refractivity contribution >= 4 is 16.9 Å². The Morgan fingerprint density at radius 2 is 1.39 bits per heavy atom. The van der Waals surface area contributed by atoms with Crippen LogP contribution in [-0.2, 0) is 33.2 Å². The second kappa shape index (κ2) is 16.7. The number of aliphatic hydroxyl groups excluding tert-OH is 7. The predicted octanol–water partition coefficient (Wildman–Crippen LogP) is -1.67. The average Bonchev–Trinajstić information content (AvgIpc) is 3.16. The van der Waals surface area contributed by atoms with Crippen molar-refractivity contribution in [3.05, 3.63) is 46.6 Å². The number of phenolic OH excluding ortho intramolecular Hbond substituents is 2. The zero-order valence-electron chi connectivity index (χ0n) is 30.3. The molecule has 0 unspecified atom stereocenters. The van der Waals surface area contributed by atoms with Crippen LogP contribution < -0.4 is 14.9 Å². The molecular formula is C36H44O20. The molecule has 0 amide bonds. The van der Waals surface area contributed by atoms with Gasteiger partial charge in [-0.3, -0.25) is 9.59 Å². The van der Waals surface area contributed by atoms with E-state index in [0.717, 1.165) is 13.0 Å². The zero-order chi connectivity index (χ0) is 40.7. The average molecular weight is 797 g/mol. The molecule has 1 aromatic heterocycles. The Kier molecular flexibility index (Phi) is 12.4. The molecule has 56 heavy (non-hydrogen) atoms. The van der Waals surface area contributed by atoms with Gasteiger partial charge in [-0.05, 0) is 38.1 Å². The highest BCUT2D eigenvalue weighted by molar-refractivity contribution is 5.88. The van der Waals surface area contributed by atoms with Crippen LogP contribution in [-0.4, -0.2) is 158 Å². The van der Waals surface area contributed by atoms with Crippen LogP contribution in [0.3, 0.4) is 0 Å². The van der Waals surface area contributed by atoms with E-state index in [1.54, 1.807) is 0 Å². The minimum absolute atomic E-state index is 0.111. The maximum absolute atomic E-state index is 13.9. The van der Waals surface area contributed by atoms with Crippen molar-refractivity contribution in [1.29, 1.82) is 0 Å². The van der Waals surface area contributed by atoms with E-state index in [1.165, 1.54) is 51.3 Å². The Morgan fingerprint density at radius 1 is 0.750 bits per heavy atom. The quantitative estimate of drug-likeness (QED) is 0.104. The van der Waals surface area contributed by atoms with Crippen LogP contribution in [0.2, 0.25) is 0 Å². The van der Waals surface area contributed by atoms with Crippen molar-refractivity contribution in [3.8, 4) is 34.3 Å². The van der Waals surface area contributed by atoms with E-state index in [-0.39, 0.29) is 33.8 Å². The highest BCUT2D eigenvalue weighted by Crippen LogP contribution is 2.38. The van der Waals surface area contributed by atoms with Gasteiger partial charge in [0.1, 0.15) is 83.2 Å². The van der Waals surface area contributed by atoms with Crippen LogP contribution in [0.25, 0.3) is 22.3 Å². The van der Waals surface area contributed by atoms with Crippen LogP contribution in [0.5, 0.6) is 23.0 Å². The number of methoxy groups -OCH3 is 1. The Bertz CT molecular complexity index is 1900. The minimum Gasteiger partial charge on any atom is -0.508 e. The minimum atomic E-state index is -1.98. The first-order valence-corrected chi connectivity index (χ1v) is 17.5. The molecule has 0 saturated carbocycles. The molecule has 3 aliphatic heterocycles. The molecule has 3 fully saturated rings. The van der Waals surface area contributed by atoms with Crippen LogP contribution in [0.4, 0.5) is 0 Å². The molecule has 20 heteroatoms. The largest absolute Gasteiger partial charge is 0.508 e. The molecule has 6 rings (SSSR count). The monoisotopic (exact) mass is 796 g/mol. The molecule has 0 radical (unpaired) electrons. The molecule has 0 aliphatic carbocycles. The number of benzene rings is 2. The number of phenols is 2. The second-order valence-corrected chi connectivity index (χ2v) is 13.7. The molecule has 2 aromatic carbocycles. The molecule has 3 aliphatic rings. The first-order valence-electron chi connectivity index (χ1n) is 17.5. The molecule has 20 nitrogen and oxygen atoms in total. The van der Waals surface area contributed by atoms with Crippen LogP contribution in [0, 0.1) is 0 Å². The lowest BCUT2D eigenvalue weighted by molar-refractivity contribution is -0.359. The predicted molar refractivity (Wildman–Crippen MR) is 184 cm³/mol. The van der Waals surface area contributed by atoms with Crippen LogP contribution >= 0.6 is 0 Å². The van der Waals surface area contributed by atoms with Gasteiger partial charge in [0.25, 0.3) is 0 Å². The van der Waals surface area contributed by atoms with E-state index in [1.807, 2.05) is 0 Å². The summed E-state index contributed by atoms with van der Waals surface area (Å²) < 4.78 is 51.0. The van der Waals surface area contributed by atoms with Gasteiger partial charge >= 0.3 is 5.97 Å². The van der Waals surface area contributed by atoms with Crippen LogP contribution in [0.1, 0.15) is 20.8 Å². The van der Waals surface area contributed by atoms with E-state index < -0.39 is 122 Å². The van der Waals surface area contributed by atoms with E-state index in [0.29, 0.717) is 0 Å². The Labute approximate surface area is 317 Å². The molecular weight excluding hydrogens is 752 g/mol. The van der Waals surface area contributed by atoms with E-state index in [4.69, 9.17) is 42.3 Å². The molecule has 0 bridgehead atoms. The fourth-order valence-corrected chi connectivity index (χ4v) is 6.66. The fraction of sp³-hybridized carbons (Fsp3) is 0.556. The molecule has 0 spiro atoms. The molecule has 9 N–H and O–H groups in total. The fourth-order valence-electron chi connectivity index (χ4n) is 6.66. The molecule has 15 atom stereocenters. The number of carbonyl (C=O) groups is 1. The highest BCUT2D eigenvalue weighted by atomic mass is 16.8. The molecule has 4 heterocycles. The van der Waals surface area contributed by atoms with Gasteiger partial charge in [-0.1, -0.05) is 0 Å². The summed E-state index contributed by atoms with van der Waals surface area (Å²) in [5.74, 6) is -2.09. The molecule has 3 aromatic rings. The van der Waals surface area contributed by atoms with Gasteiger partial charge in [0, 0.05) is 24.6 Å². The van der Waals surface area contributed by atoms with Crippen LogP contribution in [0.15, 0.2) is 45.6 Å². The summed E-state index contributed by atoms with van der Waals surface area (Å²) in [5.41, 5.74) is -0.832. The van der Waals surface area contributed by atoms with Crippen molar-refractivity contribution in [2.45, 2.75) is 113 Å². The van der Waals surface area contributed by atoms with Gasteiger partial charge in [-0.15, -0.1) is 0 Å². The van der Waals surface area contributed by atoms with Gasteiger partial charge in [-0.25, -0.2) is 0 Å². The van der Waals surface area contributed by atoms with Gasteiger partial charge < -0.3 is 88.3 Å². The van der Waals surface area contributed by atoms with E-state index >= 15 is 0 Å². The summed E-state index contributed by atoms with van der Waals surface area (Å²) in [6.45, 7) is 3.29. The third-order valence-electron chi connectivity index (χ3n) is 9.75. The van der Waals surface area contributed by atoms with Crippen molar-refractivity contribution in [2.75, 3.05) is 13.7 Å². The summed E-state index contributed by atoms with van der Waals surface area (Å²) in [5, 5.41) is 95.3. The van der Waals surface area contributed by atoms with Gasteiger partial charge in [0.15, 0.2) is 24.4 Å². The number of esters is 1. The van der Waals surface area contributed by atoms with Crippen molar-refractivity contribution in [2.24, 2.45) is 0 Å². The smallest absolute Gasteiger partial charge is 0.303 e. The standard InChI is InChI=1S/C36H44O20/c1-12-22(40)25(43)27(45)35(50-12)56-33-29(47)34(51-13(2)30(33)52-14(3)37)49-11-20-23(41)26(44)28(46)36(54-20)55-32-24(42)21-18(39)9-17(48-4)10-19(21)53-31(32)15-5-7-16(38)8-6-15/h5-10,12-13,20,22-23,25-30,33-36,38-41,43-47H,11H2,1-4H3/t12-,13-,20+,22-,23-,25+,26-,27+,28+,29+,30-,33-,34+,35-,36-/m0/s1. The lowest BCUT2D eigenvalue weighted by Gasteiger charge is -2.46. The number of hydrogen-bond donors (Lipinski definition) is 9. The summed E-state index contributed by atoms with van der Waals surface area (Å²) >= 11 is 0. The summed E-state index contributed by atoms with van der Waals surface area (Å²) in [6, 6.07) is 7.90. The summed E-state index contributed by atoms with van der Waals surface area (Å²) in [4.78, 5) is 25.9. The van der Waals surface area contributed by atoms with Gasteiger partial charge in [0.05, 0.1) is 25.9 Å².